The van der Waals surface area contributed by atoms with Crippen molar-refractivity contribution in [1.82, 2.24) is 4.72 Å². The summed E-state index contributed by atoms with van der Waals surface area (Å²) in [5, 5.41) is 0.442. The summed E-state index contributed by atoms with van der Waals surface area (Å²) in [6.45, 7) is 0. The maximum Gasteiger partial charge on any atom is 0.242 e. The van der Waals surface area contributed by atoms with Crippen LogP contribution in [-0.4, -0.2) is 14.5 Å². The average Bonchev–Trinajstić information content (AvgIpc) is 3.18. The highest BCUT2D eigenvalue weighted by Gasteiger charge is 2.43. The third-order valence-corrected chi connectivity index (χ3v) is 5.58. The highest BCUT2D eigenvalue weighted by atomic mass is 35.5. The minimum absolute atomic E-state index is 0.0834. The summed E-state index contributed by atoms with van der Waals surface area (Å²) in [7, 11) is -3.55. The molecule has 0 spiro atoms. The topological polar surface area (TPSA) is 72.2 Å². The number of nitrogens with one attached hydrogen (secondary N) is 1. The number of hydrogen-bond acceptors (Lipinski definition) is 3. The number of nitrogen functional groups attached to an aromatic ring is 1. The molecule has 2 aliphatic carbocycles. The first-order valence-corrected chi connectivity index (χ1v) is 8.41. The molecule has 4 nitrogen and oxygen atoms in total. The fraction of sp³-hybridized carbons (Fsp3) is 0.538. The molecule has 0 heterocycles. The quantitative estimate of drug-likeness (QED) is 0.820. The van der Waals surface area contributed by atoms with Crippen molar-refractivity contribution in [2.45, 2.75) is 36.6 Å². The van der Waals surface area contributed by atoms with Crippen molar-refractivity contribution in [1.29, 1.82) is 0 Å². The Kier molecular flexibility index (Phi) is 3.23. The zero-order valence-electron chi connectivity index (χ0n) is 10.5. The molecule has 2 fully saturated rings. The summed E-state index contributed by atoms with van der Waals surface area (Å²) in [5.41, 5.74) is 5.96. The molecular formula is C13H17ClN2O2S. The molecule has 1 aromatic carbocycles. The molecule has 104 valence electrons. The number of hydrogen-bond donors (Lipinski definition) is 2. The van der Waals surface area contributed by atoms with Gasteiger partial charge < -0.3 is 5.73 Å². The molecule has 19 heavy (non-hydrogen) atoms. The highest BCUT2D eigenvalue weighted by Crippen LogP contribution is 2.45. The van der Waals surface area contributed by atoms with Gasteiger partial charge in [0.15, 0.2) is 0 Å². The molecule has 2 aliphatic rings. The van der Waals surface area contributed by atoms with Gasteiger partial charge in [-0.05, 0) is 55.7 Å². The second kappa shape index (κ2) is 4.65. The summed E-state index contributed by atoms with van der Waals surface area (Å²) >= 11 is 5.80. The largest absolute Gasteiger partial charge is 0.398 e. The van der Waals surface area contributed by atoms with Gasteiger partial charge in [-0.3, -0.25) is 0 Å². The molecule has 0 amide bonds. The molecule has 3 rings (SSSR count). The van der Waals surface area contributed by atoms with Crippen molar-refractivity contribution in [3.05, 3.63) is 23.2 Å². The minimum atomic E-state index is -3.55. The third-order valence-electron chi connectivity index (χ3n) is 3.81. The van der Waals surface area contributed by atoms with Crippen molar-refractivity contribution in [2.24, 2.45) is 11.8 Å². The van der Waals surface area contributed by atoms with Crippen LogP contribution in [0.1, 0.15) is 25.7 Å². The van der Waals surface area contributed by atoms with Gasteiger partial charge in [0.25, 0.3) is 0 Å². The summed E-state index contributed by atoms with van der Waals surface area (Å²) < 4.78 is 27.7. The van der Waals surface area contributed by atoms with Crippen LogP contribution in [0.25, 0.3) is 0 Å². The Balaban J connectivity index is 1.85. The predicted molar refractivity (Wildman–Crippen MR) is 75.4 cm³/mol. The predicted octanol–water partition coefficient (Wildman–Crippen LogP) is 2.39. The molecule has 3 N–H and O–H groups in total. The fourth-order valence-electron chi connectivity index (χ4n) is 2.49. The minimum Gasteiger partial charge on any atom is -0.398 e. The first-order chi connectivity index (χ1) is 8.97. The van der Waals surface area contributed by atoms with Crippen LogP contribution in [0.15, 0.2) is 23.1 Å². The van der Waals surface area contributed by atoms with Gasteiger partial charge in [0.05, 0.1) is 5.69 Å². The van der Waals surface area contributed by atoms with E-state index >= 15 is 0 Å². The van der Waals surface area contributed by atoms with Crippen LogP contribution in [0.4, 0.5) is 5.69 Å². The van der Waals surface area contributed by atoms with E-state index in [9.17, 15) is 8.42 Å². The van der Waals surface area contributed by atoms with Gasteiger partial charge >= 0.3 is 0 Å². The fourth-order valence-corrected chi connectivity index (χ4v) is 4.16. The maximum absolute atomic E-state index is 12.4. The molecule has 2 saturated carbocycles. The molecule has 0 radical (unpaired) electrons. The van der Waals surface area contributed by atoms with Crippen LogP contribution < -0.4 is 10.5 Å². The lowest BCUT2D eigenvalue weighted by molar-refractivity contribution is 0.471. The van der Waals surface area contributed by atoms with E-state index in [1.807, 2.05) is 0 Å². The zero-order chi connectivity index (χ0) is 13.6. The van der Waals surface area contributed by atoms with Crippen molar-refractivity contribution < 1.29 is 8.42 Å². The Morgan fingerprint density at radius 2 is 1.79 bits per heavy atom. The second-order valence-electron chi connectivity index (χ2n) is 5.50. The van der Waals surface area contributed by atoms with E-state index < -0.39 is 10.0 Å². The van der Waals surface area contributed by atoms with Crippen LogP contribution in [0, 0.1) is 11.8 Å². The summed E-state index contributed by atoms with van der Waals surface area (Å²) in [4.78, 5) is 0.128. The average molecular weight is 301 g/mol. The van der Waals surface area contributed by atoms with Gasteiger partial charge in [0.2, 0.25) is 10.0 Å². The summed E-state index contributed by atoms with van der Waals surface area (Å²) in [5.74, 6) is 1.02. The Labute approximate surface area is 118 Å². The van der Waals surface area contributed by atoms with E-state index in [-0.39, 0.29) is 16.6 Å². The first kappa shape index (κ1) is 13.2. The van der Waals surface area contributed by atoms with Gasteiger partial charge in [0.1, 0.15) is 4.90 Å². The van der Waals surface area contributed by atoms with Crippen LogP contribution >= 0.6 is 11.6 Å². The van der Waals surface area contributed by atoms with Gasteiger partial charge in [-0.15, -0.1) is 0 Å². The van der Waals surface area contributed by atoms with Crippen molar-refractivity contribution >= 4 is 27.3 Å². The number of halogens is 1. The lowest BCUT2D eigenvalue weighted by Crippen LogP contribution is -2.38. The van der Waals surface area contributed by atoms with Crippen LogP contribution in [-0.2, 0) is 10.0 Å². The molecule has 0 aliphatic heterocycles. The van der Waals surface area contributed by atoms with E-state index in [4.69, 9.17) is 17.3 Å². The molecule has 0 aromatic heterocycles. The van der Waals surface area contributed by atoms with Crippen LogP contribution in [0.5, 0.6) is 0 Å². The van der Waals surface area contributed by atoms with Gasteiger partial charge in [-0.25, -0.2) is 13.1 Å². The van der Waals surface area contributed by atoms with E-state index in [0.29, 0.717) is 16.9 Å². The Morgan fingerprint density at radius 1 is 1.21 bits per heavy atom. The Morgan fingerprint density at radius 3 is 2.26 bits per heavy atom. The van der Waals surface area contributed by atoms with E-state index in [0.717, 1.165) is 25.7 Å². The smallest absolute Gasteiger partial charge is 0.242 e. The SMILES string of the molecule is Nc1cc(Cl)ccc1S(=O)(=O)NC(C1CC1)C1CC1. The van der Waals surface area contributed by atoms with E-state index in [1.165, 1.54) is 12.1 Å². The van der Waals surface area contributed by atoms with Crippen molar-refractivity contribution in [3.8, 4) is 0 Å². The lowest BCUT2D eigenvalue weighted by atomic mass is 10.1. The monoisotopic (exact) mass is 300 g/mol. The summed E-state index contributed by atoms with van der Waals surface area (Å²) in [6.07, 6.45) is 4.50. The number of rotatable bonds is 5. The number of benzene rings is 1. The Bertz CT molecular complexity index is 583. The van der Waals surface area contributed by atoms with E-state index in [2.05, 4.69) is 4.72 Å². The number of nitrogens with two attached hydrogens (primary N) is 1. The standard InChI is InChI=1S/C13H17ClN2O2S/c14-10-5-6-12(11(15)7-10)19(17,18)16-13(8-1-2-8)9-3-4-9/h5-9,13,16H,1-4,15H2. The normalized spacial score (nSPS) is 19.9. The third kappa shape index (κ3) is 2.88. The molecule has 6 heteroatoms. The zero-order valence-corrected chi connectivity index (χ0v) is 12.0. The molecule has 1 aromatic rings. The van der Waals surface area contributed by atoms with Gasteiger partial charge in [-0.1, -0.05) is 11.6 Å². The lowest BCUT2D eigenvalue weighted by Gasteiger charge is -2.18. The molecule has 0 atom stereocenters. The highest BCUT2D eigenvalue weighted by molar-refractivity contribution is 7.89. The Hall–Kier alpha value is -0.780. The van der Waals surface area contributed by atoms with Crippen LogP contribution in [0.2, 0.25) is 5.02 Å². The van der Waals surface area contributed by atoms with Gasteiger partial charge in [0, 0.05) is 11.1 Å². The molecule has 0 bridgehead atoms. The number of sulfonamides is 1. The first-order valence-electron chi connectivity index (χ1n) is 6.55. The van der Waals surface area contributed by atoms with Crippen molar-refractivity contribution in [2.75, 3.05) is 5.73 Å². The molecular weight excluding hydrogens is 284 g/mol. The van der Waals surface area contributed by atoms with Gasteiger partial charge in [-0.2, -0.15) is 0 Å². The number of anilines is 1. The maximum atomic E-state index is 12.4. The van der Waals surface area contributed by atoms with Crippen LogP contribution in [0.3, 0.4) is 0 Å². The molecule has 0 unspecified atom stereocenters. The van der Waals surface area contributed by atoms with Crippen molar-refractivity contribution in [3.63, 3.8) is 0 Å². The van der Waals surface area contributed by atoms with E-state index in [1.54, 1.807) is 6.07 Å². The molecule has 0 saturated heterocycles. The summed E-state index contributed by atoms with van der Waals surface area (Å²) in [6, 6.07) is 4.58. The second-order valence-corrected chi connectivity index (χ2v) is 7.62.